The maximum Gasteiger partial charge on any atom is 0.273 e. The van der Waals surface area contributed by atoms with Crippen LogP contribution in [0.15, 0.2) is 70.0 Å². The molecule has 0 saturated heterocycles. The highest BCUT2D eigenvalue weighted by Gasteiger charge is 2.35. The molecule has 10 heteroatoms. The van der Waals surface area contributed by atoms with E-state index in [1.165, 1.54) is 58.8 Å². The first-order chi connectivity index (χ1) is 15.8. The molecule has 0 aliphatic rings. The molecule has 0 spiro atoms. The Morgan fingerprint density at radius 2 is 1.42 bits per heavy atom. The summed E-state index contributed by atoms with van der Waals surface area (Å²) in [5.41, 5.74) is 0.130. The lowest BCUT2D eigenvalue weighted by atomic mass is 10.1. The third-order valence-electron chi connectivity index (χ3n) is 4.77. The van der Waals surface area contributed by atoms with Crippen LogP contribution in [0, 0.1) is 0 Å². The van der Waals surface area contributed by atoms with Gasteiger partial charge in [0.05, 0.1) is 49.1 Å². The fourth-order valence-electron chi connectivity index (χ4n) is 3.17. The second kappa shape index (κ2) is 10.1. The first-order valence-corrected chi connectivity index (χ1v) is 11.8. The van der Waals surface area contributed by atoms with Crippen molar-refractivity contribution >= 4 is 37.5 Å². The van der Waals surface area contributed by atoms with E-state index in [1.54, 1.807) is 30.3 Å². The third-order valence-corrected chi connectivity index (χ3v) is 7.29. The van der Waals surface area contributed by atoms with Gasteiger partial charge >= 0.3 is 0 Å². The zero-order valence-corrected chi connectivity index (χ0v) is 20.8. The summed E-state index contributed by atoms with van der Waals surface area (Å²) in [4.78, 5) is 13.8. The number of carbonyl (C=O) groups is 1. The Labute approximate surface area is 200 Å². The maximum atomic E-state index is 13.8. The molecule has 174 valence electrons. The Balaban J connectivity index is 2.26. The summed E-state index contributed by atoms with van der Waals surface area (Å²) in [5, 5.41) is 0. The fraction of sp³-hybridized carbons (Fsp3) is 0.174. The molecule has 3 aromatic carbocycles. The van der Waals surface area contributed by atoms with Crippen molar-refractivity contribution in [3.63, 3.8) is 0 Å². The van der Waals surface area contributed by atoms with Gasteiger partial charge in [-0.3, -0.25) is 4.79 Å². The first kappa shape index (κ1) is 24.4. The van der Waals surface area contributed by atoms with E-state index in [0.29, 0.717) is 5.75 Å². The van der Waals surface area contributed by atoms with E-state index in [0.717, 1.165) is 4.31 Å². The van der Waals surface area contributed by atoms with E-state index in [-0.39, 0.29) is 37.9 Å². The minimum atomic E-state index is -4.28. The average Bonchev–Trinajstić information content (AvgIpc) is 2.84. The normalized spacial score (nSPS) is 10.9. The summed E-state index contributed by atoms with van der Waals surface area (Å²) in [6.45, 7) is 0. The van der Waals surface area contributed by atoms with E-state index in [9.17, 15) is 13.2 Å². The molecular weight excluding hydrogens is 514 g/mol. The van der Waals surface area contributed by atoms with Gasteiger partial charge in [0.2, 0.25) is 5.75 Å². The molecule has 3 rings (SSSR count). The lowest BCUT2D eigenvalue weighted by Gasteiger charge is -2.24. The number of halogens is 1. The molecule has 1 amide bonds. The molecule has 0 fully saturated rings. The monoisotopic (exact) mass is 535 g/mol. The predicted molar refractivity (Wildman–Crippen MR) is 127 cm³/mol. The van der Waals surface area contributed by atoms with Crippen molar-refractivity contribution in [3.05, 3.63) is 70.7 Å². The molecule has 33 heavy (non-hydrogen) atoms. The summed E-state index contributed by atoms with van der Waals surface area (Å²) in [5.74, 6) is 0.331. The van der Waals surface area contributed by atoms with Gasteiger partial charge < -0.3 is 18.9 Å². The van der Waals surface area contributed by atoms with Gasteiger partial charge in [0, 0.05) is 0 Å². The largest absolute Gasteiger partial charge is 0.497 e. The Hall–Kier alpha value is -3.24. The second-order valence-electron chi connectivity index (χ2n) is 6.59. The molecule has 0 aliphatic heterocycles. The first-order valence-electron chi connectivity index (χ1n) is 9.57. The van der Waals surface area contributed by atoms with Crippen LogP contribution in [0.3, 0.4) is 0 Å². The molecule has 0 aliphatic carbocycles. The Morgan fingerprint density at radius 1 is 0.818 bits per heavy atom. The molecule has 0 N–H and O–H groups in total. The number of benzene rings is 3. The quantitative estimate of drug-likeness (QED) is 0.418. The van der Waals surface area contributed by atoms with E-state index in [4.69, 9.17) is 18.9 Å². The highest BCUT2D eigenvalue weighted by molar-refractivity contribution is 9.10. The SMILES string of the molecule is COc1ccc(N(C(=O)c2cc(OC)c(OC)c(OC)c2Br)S(=O)(=O)c2ccccc2)cc1. The van der Waals surface area contributed by atoms with Gasteiger partial charge in [-0.15, -0.1) is 0 Å². The van der Waals surface area contributed by atoms with Gasteiger partial charge in [0.1, 0.15) is 5.75 Å². The molecule has 0 atom stereocenters. The summed E-state index contributed by atoms with van der Waals surface area (Å²) in [6.07, 6.45) is 0. The molecule has 0 heterocycles. The van der Waals surface area contributed by atoms with Gasteiger partial charge in [0.15, 0.2) is 11.5 Å². The average molecular weight is 536 g/mol. The standard InChI is InChI=1S/C23H22BrNO7S/c1-29-16-12-10-15(11-13-16)25(33(27,28)17-8-6-5-7-9-17)23(26)18-14-19(30-2)21(31-3)22(32-4)20(18)24/h5-14H,1-4H3. The number of amides is 1. The molecule has 0 aromatic heterocycles. The smallest absolute Gasteiger partial charge is 0.273 e. The lowest BCUT2D eigenvalue weighted by Crippen LogP contribution is -2.37. The highest BCUT2D eigenvalue weighted by atomic mass is 79.9. The zero-order chi connectivity index (χ0) is 24.2. The van der Waals surface area contributed by atoms with Crippen LogP contribution >= 0.6 is 15.9 Å². The number of ether oxygens (including phenoxy) is 4. The van der Waals surface area contributed by atoms with Crippen molar-refractivity contribution in [2.75, 3.05) is 32.7 Å². The van der Waals surface area contributed by atoms with Crippen molar-refractivity contribution in [1.29, 1.82) is 0 Å². The van der Waals surface area contributed by atoms with Crippen molar-refractivity contribution in [3.8, 4) is 23.0 Å². The number of hydrogen-bond acceptors (Lipinski definition) is 7. The molecule has 8 nitrogen and oxygen atoms in total. The Kier molecular flexibility index (Phi) is 7.50. The van der Waals surface area contributed by atoms with Crippen molar-refractivity contribution in [2.45, 2.75) is 4.90 Å². The van der Waals surface area contributed by atoms with E-state index in [1.807, 2.05) is 0 Å². The van der Waals surface area contributed by atoms with E-state index >= 15 is 0 Å². The molecule has 0 bridgehead atoms. The van der Waals surface area contributed by atoms with E-state index < -0.39 is 15.9 Å². The molecule has 0 radical (unpaired) electrons. The van der Waals surface area contributed by atoms with Gasteiger partial charge in [-0.25, -0.2) is 8.42 Å². The number of sulfonamides is 1. The van der Waals surface area contributed by atoms with Crippen molar-refractivity contribution < 1.29 is 32.2 Å². The molecule has 0 saturated carbocycles. The number of hydrogen-bond donors (Lipinski definition) is 0. The molecule has 3 aromatic rings. The van der Waals surface area contributed by atoms with Crippen LogP contribution in [0.2, 0.25) is 0 Å². The van der Waals surface area contributed by atoms with Crippen LogP contribution in [0.4, 0.5) is 5.69 Å². The number of anilines is 1. The second-order valence-corrected chi connectivity index (χ2v) is 9.17. The summed E-state index contributed by atoms with van der Waals surface area (Å²) >= 11 is 3.36. The van der Waals surface area contributed by atoms with Crippen LogP contribution in [0.1, 0.15) is 10.4 Å². The minimum Gasteiger partial charge on any atom is -0.497 e. The van der Waals surface area contributed by atoms with Crippen molar-refractivity contribution in [2.24, 2.45) is 0 Å². The fourth-order valence-corrected chi connectivity index (χ4v) is 5.22. The Bertz CT molecular complexity index is 1250. The van der Waals surface area contributed by atoms with Crippen LogP contribution < -0.4 is 23.3 Å². The Morgan fingerprint density at radius 3 is 1.94 bits per heavy atom. The van der Waals surface area contributed by atoms with Crippen molar-refractivity contribution in [1.82, 2.24) is 0 Å². The van der Waals surface area contributed by atoms with Gasteiger partial charge in [0.25, 0.3) is 15.9 Å². The lowest BCUT2D eigenvalue weighted by molar-refractivity contribution is 0.100. The van der Waals surface area contributed by atoms with Gasteiger partial charge in [-0.2, -0.15) is 4.31 Å². The van der Waals surface area contributed by atoms with Crippen LogP contribution in [-0.4, -0.2) is 42.8 Å². The summed E-state index contributed by atoms with van der Waals surface area (Å²) in [7, 11) is 1.44. The zero-order valence-electron chi connectivity index (χ0n) is 18.4. The third kappa shape index (κ3) is 4.62. The molecular formula is C23H22BrNO7S. The molecule has 0 unspecified atom stereocenters. The topological polar surface area (TPSA) is 91.4 Å². The van der Waals surface area contributed by atoms with Gasteiger partial charge in [-0.05, 0) is 58.4 Å². The number of carbonyl (C=O) groups excluding carboxylic acids is 1. The maximum absolute atomic E-state index is 13.8. The van der Waals surface area contributed by atoms with Crippen LogP contribution in [0.25, 0.3) is 0 Å². The minimum absolute atomic E-state index is 0.000163. The number of nitrogens with zero attached hydrogens (tertiary/aromatic N) is 1. The van der Waals surface area contributed by atoms with Crippen LogP contribution in [0.5, 0.6) is 23.0 Å². The van der Waals surface area contributed by atoms with Crippen LogP contribution in [-0.2, 0) is 10.0 Å². The predicted octanol–water partition coefficient (Wildman–Crippen LogP) is 4.52. The van der Waals surface area contributed by atoms with Gasteiger partial charge in [-0.1, -0.05) is 18.2 Å². The number of rotatable bonds is 8. The highest BCUT2D eigenvalue weighted by Crippen LogP contribution is 2.45. The summed E-state index contributed by atoms with van der Waals surface area (Å²) < 4.78 is 49.4. The summed E-state index contributed by atoms with van der Waals surface area (Å²) in [6, 6.07) is 15.2. The number of methoxy groups -OCH3 is 4. The van der Waals surface area contributed by atoms with E-state index in [2.05, 4.69) is 15.9 Å².